The first-order chi connectivity index (χ1) is 3.72. The number of hydrogen-bond acceptors (Lipinski definition) is 3. The summed E-state index contributed by atoms with van der Waals surface area (Å²) < 4.78 is 0. The maximum atomic E-state index is 10.3. The monoisotopic (exact) mass is 118 g/mol. The second-order valence-corrected chi connectivity index (χ2v) is 1.24. The number of rotatable bonds is 1. The Bertz CT molecular complexity index is 83.4. The predicted molar refractivity (Wildman–Crippen MR) is 29.3 cm³/mol. The van der Waals surface area contributed by atoms with Crippen molar-refractivity contribution in [2.24, 2.45) is 11.7 Å². The minimum atomic E-state index is -0.479. The molecular weight excluding hydrogens is 108 g/mol. The van der Waals surface area contributed by atoms with Gasteiger partial charge in [-0.15, -0.1) is 0 Å². The zero-order valence-corrected chi connectivity index (χ0v) is 4.72. The molecule has 0 saturated heterocycles. The molecule has 5 nitrogen and oxygen atoms in total. The van der Waals surface area contributed by atoms with Crippen molar-refractivity contribution in [3.05, 3.63) is 0 Å². The van der Waals surface area contributed by atoms with E-state index in [1.54, 1.807) is 6.92 Å². The van der Waals surface area contributed by atoms with Crippen molar-refractivity contribution in [1.82, 2.24) is 10.4 Å². The molecule has 5 N–H and O–H groups in total. The quantitative estimate of drug-likeness (QED) is 0.229. The minimum Gasteiger partial charge on any atom is -0.275 e. The number of nitrogens with zero attached hydrogens (tertiary/aromatic N) is 1. The third-order valence-electron chi connectivity index (χ3n) is 0.725. The molecule has 5 heteroatoms. The number of nitrogens with two attached hydrogens (primary N) is 2. The van der Waals surface area contributed by atoms with E-state index < -0.39 is 6.03 Å². The number of carbonyl (C=O) groups is 1. The summed E-state index contributed by atoms with van der Waals surface area (Å²) in [6, 6.07) is -0.479. The van der Waals surface area contributed by atoms with Crippen LogP contribution in [-0.2, 0) is 0 Å². The van der Waals surface area contributed by atoms with Crippen LogP contribution < -0.4 is 17.1 Å². The number of hydrazine groups is 2. The van der Waals surface area contributed by atoms with Gasteiger partial charge in [0.25, 0.3) is 0 Å². The summed E-state index contributed by atoms with van der Waals surface area (Å²) in [6.07, 6.45) is 0. The molecule has 0 radical (unpaired) electrons. The van der Waals surface area contributed by atoms with Gasteiger partial charge in [0.1, 0.15) is 0 Å². The molecule has 2 amide bonds. The second-order valence-electron chi connectivity index (χ2n) is 1.24. The topological polar surface area (TPSA) is 84.4 Å². The van der Waals surface area contributed by atoms with E-state index >= 15 is 0 Å². The van der Waals surface area contributed by atoms with Crippen molar-refractivity contribution in [3.63, 3.8) is 0 Å². The largest absolute Gasteiger partial charge is 0.345 e. The molecule has 0 heterocycles. The van der Waals surface area contributed by atoms with Crippen LogP contribution in [0.15, 0.2) is 0 Å². The normalized spacial score (nSPS) is 8.38. The van der Waals surface area contributed by atoms with E-state index in [1.165, 1.54) is 0 Å². The molecule has 0 bridgehead atoms. The average molecular weight is 118 g/mol. The van der Waals surface area contributed by atoms with Crippen molar-refractivity contribution < 1.29 is 4.79 Å². The Kier molecular flexibility index (Phi) is 2.90. The first-order valence-electron chi connectivity index (χ1n) is 2.25. The van der Waals surface area contributed by atoms with Crippen LogP contribution in [0.1, 0.15) is 6.92 Å². The molecule has 0 rings (SSSR count). The second kappa shape index (κ2) is 3.23. The summed E-state index contributed by atoms with van der Waals surface area (Å²) in [7, 11) is 0. The van der Waals surface area contributed by atoms with Gasteiger partial charge in [-0.05, 0) is 6.92 Å². The highest BCUT2D eigenvalue weighted by atomic mass is 16.2. The lowest BCUT2D eigenvalue weighted by molar-refractivity contribution is 0.202. The van der Waals surface area contributed by atoms with Gasteiger partial charge >= 0.3 is 6.03 Å². The van der Waals surface area contributed by atoms with Crippen LogP contribution in [-0.4, -0.2) is 17.6 Å². The lowest BCUT2D eigenvalue weighted by Crippen LogP contribution is -2.47. The van der Waals surface area contributed by atoms with Crippen molar-refractivity contribution in [2.75, 3.05) is 6.54 Å². The first kappa shape index (κ1) is 7.19. The highest BCUT2D eigenvalue weighted by molar-refractivity contribution is 5.72. The molecule has 0 unspecified atom stereocenters. The lowest BCUT2D eigenvalue weighted by atomic mass is 10.7. The molecule has 0 atom stereocenters. The number of urea groups is 1. The fourth-order valence-electron chi connectivity index (χ4n) is 0.227. The summed E-state index contributed by atoms with van der Waals surface area (Å²) in [5.74, 6) is 9.80. The molecular formula is C3H10N4O. The van der Waals surface area contributed by atoms with Gasteiger partial charge in [0.2, 0.25) is 0 Å². The van der Waals surface area contributed by atoms with Crippen LogP contribution >= 0.6 is 0 Å². The van der Waals surface area contributed by atoms with Crippen molar-refractivity contribution >= 4 is 6.03 Å². The van der Waals surface area contributed by atoms with Gasteiger partial charge in [0, 0.05) is 6.54 Å². The number of carbonyl (C=O) groups excluding carboxylic acids is 1. The van der Waals surface area contributed by atoms with Crippen LogP contribution in [0.25, 0.3) is 0 Å². The lowest BCUT2D eigenvalue weighted by Gasteiger charge is -2.11. The van der Waals surface area contributed by atoms with Gasteiger partial charge < -0.3 is 0 Å². The zero-order valence-electron chi connectivity index (χ0n) is 4.72. The molecule has 0 saturated carbocycles. The van der Waals surface area contributed by atoms with Crippen LogP contribution in [0, 0.1) is 0 Å². The zero-order chi connectivity index (χ0) is 6.57. The Hall–Kier alpha value is -0.810. The molecule has 0 aromatic carbocycles. The standard InChI is InChI=1S/C3H10N4O/c1-2-7(5)3(8)6-4/h2,4-5H2,1H3,(H,6,8). The summed E-state index contributed by atoms with van der Waals surface area (Å²) in [4.78, 5) is 10.3. The molecule has 0 aliphatic heterocycles. The summed E-state index contributed by atoms with van der Waals surface area (Å²) in [6.45, 7) is 2.19. The van der Waals surface area contributed by atoms with Gasteiger partial charge in [-0.25, -0.2) is 16.5 Å². The smallest absolute Gasteiger partial charge is 0.275 e. The molecule has 0 aliphatic carbocycles. The van der Waals surface area contributed by atoms with Crippen LogP contribution in [0.5, 0.6) is 0 Å². The number of amides is 2. The molecule has 0 aliphatic rings. The molecule has 0 spiro atoms. The summed E-state index contributed by atoms with van der Waals surface area (Å²) in [5, 5.41) is 0.972. The maximum Gasteiger partial charge on any atom is 0.345 e. The van der Waals surface area contributed by atoms with Crippen molar-refractivity contribution in [1.29, 1.82) is 0 Å². The molecule has 0 aromatic heterocycles. The third-order valence-corrected chi connectivity index (χ3v) is 0.725. The van der Waals surface area contributed by atoms with Crippen molar-refractivity contribution in [3.8, 4) is 0 Å². The molecule has 0 aromatic rings. The Morgan fingerprint density at radius 3 is 2.50 bits per heavy atom. The van der Waals surface area contributed by atoms with E-state index in [9.17, 15) is 4.79 Å². The molecule has 0 fully saturated rings. The van der Waals surface area contributed by atoms with Gasteiger partial charge in [-0.2, -0.15) is 0 Å². The Morgan fingerprint density at radius 2 is 2.38 bits per heavy atom. The minimum absolute atomic E-state index is 0.447. The average Bonchev–Trinajstić information content (AvgIpc) is 1.84. The fraction of sp³-hybridized carbons (Fsp3) is 0.667. The van der Waals surface area contributed by atoms with E-state index in [0.717, 1.165) is 5.01 Å². The summed E-state index contributed by atoms with van der Waals surface area (Å²) in [5.41, 5.74) is 1.88. The summed E-state index contributed by atoms with van der Waals surface area (Å²) >= 11 is 0. The highest BCUT2D eigenvalue weighted by Gasteiger charge is 2.00. The van der Waals surface area contributed by atoms with Crippen LogP contribution in [0.4, 0.5) is 4.79 Å². The van der Waals surface area contributed by atoms with E-state index in [-0.39, 0.29) is 0 Å². The van der Waals surface area contributed by atoms with Gasteiger partial charge in [0.15, 0.2) is 0 Å². The van der Waals surface area contributed by atoms with Crippen molar-refractivity contribution in [2.45, 2.75) is 6.92 Å². The van der Waals surface area contributed by atoms with E-state index in [2.05, 4.69) is 0 Å². The van der Waals surface area contributed by atoms with Crippen LogP contribution in [0.2, 0.25) is 0 Å². The maximum absolute atomic E-state index is 10.3. The van der Waals surface area contributed by atoms with Crippen LogP contribution in [0.3, 0.4) is 0 Å². The Morgan fingerprint density at radius 1 is 1.88 bits per heavy atom. The van der Waals surface area contributed by atoms with E-state index in [0.29, 0.717) is 6.54 Å². The third kappa shape index (κ3) is 1.76. The predicted octanol–water partition coefficient (Wildman–Crippen LogP) is -1.23. The number of nitrogens with one attached hydrogen (secondary N) is 1. The fourth-order valence-corrected chi connectivity index (χ4v) is 0.227. The number of hydrogen-bond donors (Lipinski definition) is 3. The highest BCUT2D eigenvalue weighted by Crippen LogP contribution is 1.72. The molecule has 48 valence electrons. The van der Waals surface area contributed by atoms with Gasteiger partial charge in [-0.1, -0.05) is 0 Å². The van der Waals surface area contributed by atoms with Gasteiger partial charge in [0.05, 0.1) is 0 Å². The SMILES string of the molecule is CCN(N)C(=O)NN. The Balaban J connectivity index is 3.46. The molecule has 8 heavy (non-hydrogen) atoms. The Labute approximate surface area is 47.6 Å². The van der Waals surface area contributed by atoms with E-state index in [4.69, 9.17) is 11.7 Å². The first-order valence-corrected chi connectivity index (χ1v) is 2.25. The van der Waals surface area contributed by atoms with E-state index in [1.807, 2.05) is 5.43 Å². The van der Waals surface area contributed by atoms with Gasteiger partial charge in [-0.3, -0.25) is 10.4 Å².